The highest BCUT2D eigenvalue weighted by molar-refractivity contribution is 6.07. The molecule has 2 aliphatic heterocycles. The summed E-state index contributed by atoms with van der Waals surface area (Å²) in [5, 5.41) is 15.4. The van der Waals surface area contributed by atoms with Gasteiger partial charge in [-0.25, -0.2) is 4.79 Å². The number of β-lactam (4-membered cyclic amide) rings is 1. The lowest BCUT2D eigenvalue weighted by Gasteiger charge is -2.44. The van der Waals surface area contributed by atoms with E-state index in [-0.39, 0.29) is 31.0 Å². The summed E-state index contributed by atoms with van der Waals surface area (Å²) in [6, 6.07) is 9.85. The first-order chi connectivity index (χ1) is 19.9. The van der Waals surface area contributed by atoms with Crippen LogP contribution in [-0.4, -0.2) is 70.1 Å². The number of rotatable bonds is 10. The number of amides is 3. The zero-order valence-corrected chi connectivity index (χ0v) is 23.9. The van der Waals surface area contributed by atoms with E-state index in [0.29, 0.717) is 22.4 Å². The molecule has 0 bridgehead atoms. The molecule has 1 aromatic heterocycles. The second-order valence-corrected chi connectivity index (χ2v) is 11.2. The molecule has 2 aliphatic rings. The molecular formula is C30H34N4O8. The number of pyridine rings is 1. The Morgan fingerprint density at radius 1 is 1.12 bits per heavy atom. The Morgan fingerprint density at radius 2 is 1.88 bits per heavy atom. The van der Waals surface area contributed by atoms with E-state index in [1.807, 2.05) is 0 Å². The van der Waals surface area contributed by atoms with Crippen LogP contribution >= 0.6 is 0 Å². The third-order valence-electron chi connectivity index (χ3n) is 6.95. The number of nitrogens with zero attached hydrogens (tertiary/aromatic N) is 2. The average Bonchev–Trinajstić information content (AvgIpc) is 3.27. The molecule has 2 aromatic rings. The second-order valence-electron chi connectivity index (χ2n) is 11.2. The maximum atomic E-state index is 13.2. The highest BCUT2D eigenvalue weighted by atomic mass is 16.7. The Morgan fingerprint density at radius 3 is 2.55 bits per heavy atom. The minimum atomic E-state index is -0.909. The molecule has 0 spiro atoms. The molecule has 42 heavy (non-hydrogen) atoms. The number of carbonyl (C=O) groups excluding carboxylic acids is 5. The number of benzene rings is 1. The Balaban J connectivity index is 1.46. The van der Waals surface area contributed by atoms with E-state index in [2.05, 4.69) is 15.6 Å². The molecular weight excluding hydrogens is 544 g/mol. The predicted molar refractivity (Wildman–Crippen MR) is 150 cm³/mol. The molecule has 3 N–H and O–H groups in total. The number of aliphatic hydroxyl groups is 1. The normalized spacial score (nSPS) is 18.5. The fourth-order valence-corrected chi connectivity index (χ4v) is 4.88. The average molecular weight is 579 g/mol. The van der Waals surface area contributed by atoms with E-state index in [1.165, 1.54) is 18.0 Å². The SMILES string of the molecule is C[C@@H](O)[C@H]1C(=O)N2C(C(=O)OCOC(=O)C(C)(C)C)=C(c3cccc(CC(=O)NCC(=O)Nc4cccnc4)c3)C[C@H]12. The molecule has 3 atom stereocenters. The van der Waals surface area contributed by atoms with Gasteiger partial charge >= 0.3 is 11.9 Å². The summed E-state index contributed by atoms with van der Waals surface area (Å²) in [6.07, 6.45) is 2.41. The Kier molecular flexibility index (Phi) is 9.05. The van der Waals surface area contributed by atoms with E-state index < -0.39 is 54.0 Å². The van der Waals surface area contributed by atoms with Gasteiger partial charge in [0, 0.05) is 6.20 Å². The van der Waals surface area contributed by atoms with Crippen molar-refractivity contribution in [1.82, 2.24) is 15.2 Å². The number of hydrogen-bond donors (Lipinski definition) is 3. The molecule has 4 rings (SSSR count). The van der Waals surface area contributed by atoms with Crippen LogP contribution in [0.4, 0.5) is 5.69 Å². The maximum absolute atomic E-state index is 13.2. The molecule has 12 nitrogen and oxygen atoms in total. The van der Waals surface area contributed by atoms with Gasteiger partial charge in [0.25, 0.3) is 0 Å². The summed E-state index contributed by atoms with van der Waals surface area (Å²) < 4.78 is 10.3. The van der Waals surface area contributed by atoms with E-state index in [1.54, 1.807) is 63.4 Å². The van der Waals surface area contributed by atoms with Crippen molar-refractivity contribution >= 4 is 40.9 Å². The van der Waals surface area contributed by atoms with E-state index in [9.17, 15) is 29.1 Å². The second kappa shape index (κ2) is 12.5. The lowest BCUT2D eigenvalue weighted by atomic mass is 9.82. The minimum absolute atomic E-state index is 0.0161. The molecule has 0 unspecified atom stereocenters. The number of ether oxygens (including phenoxy) is 2. The first-order valence-electron chi connectivity index (χ1n) is 13.5. The number of carbonyl (C=O) groups is 5. The van der Waals surface area contributed by atoms with Gasteiger partial charge in [-0.1, -0.05) is 24.3 Å². The fraction of sp³-hybridized carbons (Fsp3) is 0.400. The van der Waals surface area contributed by atoms with Gasteiger partial charge in [0.05, 0.1) is 48.3 Å². The lowest BCUT2D eigenvalue weighted by Crippen LogP contribution is -2.61. The van der Waals surface area contributed by atoms with Crippen LogP contribution in [0, 0.1) is 11.3 Å². The number of hydrogen-bond acceptors (Lipinski definition) is 9. The summed E-state index contributed by atoms with van der Waals surface area (Å²) in [5.74, 6) is -3.25. The lowest BCUT2D eigenvalue weighted by molar-refractivity contribution is -0.175. The smallest absolute Gasteiger partial charge is 0.358 e. The zero-order chi connectivity index (χ0) is 30.6. The van der Waals surface area contributed by atoms with Crippen LogP contribution in [0.3, 0.4) is 0 Å². The molecule has 12 heteroatoms. The van der Waals surface area contributed by atoms with Crippen molar-refractivity contribution in [3.63, 3.8) is 0 Å². The van der Waals surface area contributed by atoms with Gasteiger partial charge in [0.15, 0.2) is 0 Å². The van der Waals surface area contributed by atoms with Crippen molar-refractivity contribution in [2.45, 2.75) is 52.7 Å². The monoisotopic (exact) mass is 578 g/mol. The number of aromatic nitrogens is 1. The molecule has 1 saturated heterocycles. The van der Waals surface area contributed by atoms with Crippen LogP contribution in [0.2, 0.25) is 0 Å². The standard InChI is InChI=1S/C30H34N4O8/c1-17(35)25-22-13-21(26(34(22)27(25)38)28(39)41-16-42-29(40)30(2,3)4)19-8-5-7-18(11-19)12-23(36)32-15-24(37)33-20-9-6-10-31-14-20/h5-11,14,17,22,25,35H,12-13,15-16H2,1-4H3,(H,32,36)(H,33,37)/t17-,22-,25-/m1/s1. The van der Waals surface area contributed by atoms with E-state index >= 15 is 0 Å². The van der Waals surface area contributed by atoms with Crippen LogP contribution in [-0.2, 0) is 39.9 Å². The van der Waals surface area contributed by atoms with Crippen molar-refractivity contribution in [2.75, 3.05) is 18.7 Å². The fourth-order valence-electron chi connectivity index (χ4n) is 4.88. The van der Waals surface area contributed by atoms with Gasteiger partial charge < -0.3 is 30.1 Å². The molecule has 222 valence electrons. The summed E-state index contributed by atoms with van der Waals surface area (Å²) in [7, 11) is 0. The Labute approximate surface area is 243 Å². The number of anilines is 1. The van der Waals surface area contributed by atoms with Crippen molar-refractivity contribution < 1.29 is 38.6 Å². The predicted octanol–water partition coefficient (Wildman–Crippen LogP) is 1.79. The van der Waals surface area contributed by atoms with Crippen LogP contribution in [0.15, 0.2) is 54.5 Å². The molecule has 1 fully saturated rings. The van der Waals surface area contributed by atoms with Gasteiger partial charge in [-0.2, -0.15) is 0 Å². The first kappa shape index (κ1) is 30.4. The summed E-state index contributed by atoms with van der Waals surface area (Å²) >= 11 is 0. The van der Waals surface area contributed by atoms with Crippen LogP contribution in [0.1, 0.15) is 45.2 Å². The molecule has 0 saturated carbocycles. The van der Waals surface area contributed by atoms with Crippen molar-refractivity contribution in [2.24, 2.45) is 11.3 Å². The van der Waals surface area contributed by atoms with Crippen molar-refractivity contribution in [1.29, 1.82) is 0 Å². The molecule has 3 amide bonds. The topological polar surface area (TPSA) is 164 Å². The highest BCUT2D eigenvalue weighted by Gasteiger charge is 2.57. The van der Waals surface area contributed by atoms with Gasteiger partial charge in [-0.05, 0) is 62.9 Å². The summed E-state index contributed by atoms with van der Waals surface area (Å²) in [5.41, 5.74) is 1.47. The summed E-state index contributed by atoms with van der Waals surface area (Å²) in [4.78, 5) is 68.1. The number of fused-ring (bicyclic) bond motifs is 1. The number of aliphatic hydroxyl groups excluding tert-OH is 1. The van der Waals surface area contributed by atoms with Gasteiger partial charge in [-0.3, -0.25) is 24.2 Å². The van der Waals surface area contributed by atoms with Gasteiger partial charge in [-0.15, -0.1) is 0 Å². The van der Waals surface area contributed by atoms with Crippen LogP contribution in [0.5, 0.6) is 0 Å². The van der Waals surface area contributed by atoms with Crippen LogP contribution < -0.4 is 10.6 Å². The van der Waals surface area contributed by atoms with E-state index in [0.717, 1.165) is 0 Å². The zero-order valence-electron chi connectivity index (χ0n) is 23.9. The van der Waals surface area contributed by atoms with E-state index in [4.69, 9.17) is 9.47 Å². The van der Waals surface area contributed by atoms with Crippen molar-refractivity contribution in [3.8, 4) is 0 Å². The quantitative estimate of drug-likeness (QED) is 0.217. The largest absolute Gasteiger partial charge is 0.427 e. The molecule has 0 radical (unpaired) electrons. The molecule has 0 aliphatic carbocycles. The summed E-state index contributed by atoms with van der Waals surface area (Å²) in [6.45, 7) is 5.68. The number of esters is 2. The third-order valence-corrected chi connectivity index (χ3v) is 6.95. The highest BCUT2D eigenvalue weighted by Crippen LogP contribution is 2.47. The van der Waals surface area contributed by atoms with Gasteiger partial charge in [0.2, 0.25) is 24.5 Å². The maximum Gasteiger partial charge on any atom is 0.358 e. The molecule has 1 aromatic carbocycles. The van der Waals surface area contributed by atoms with Crippen LogP contribution in [0.25, 0.3) is 5.57 Å². The minimum Gasteiger partial charge on any atom is -0.427 e. The van der Waals surface area contributed by atoms with Crippen molar-refractivity contribution in [3.05, 3.63) is 65.6 Å². The Bertz CT molecular complexity index is 1410. The third kappa shape index (κ3) is 6.82. The first-order valence-corrected chi connectivity index (χ1v) is 13.5. The Hall–Kier alpha value is -4.58. The van der Waals surface area contributed by atoms with Gasteiger partial charge in [0.1, 0.15) is 5.70 Å². The number of nitrogens with one attached hydrogen (secondary N) is 2. The molecule has 3 heterocycles.